The number of para-hydroxylation sites is 1. The van der Waals surface area contributed by atoms with Crippen LogP contribution in [0.3, 0.4) is 0 Å². The maximum atomic E-state index is 13.2. The summed E-state index contributed by atoms with van der Waals surface area (Å²) in [5.74, 6) is -0.396. The zero-order valence-electron chi connectivity index (χ0n) is 14.1. The standard InChI is InChI=1S/C21H16N2O2S/c1-26-16-11-15(23-12-7-3-2-4-8-12)17-18(19(16)22)21(25)14-10-6-5-9-13(14)20(17)24/h2-11,23H,22H2,1H3. The normalized spacial score (nSPS) is 12.5. The Bertz CT molecular complexity index is 1050. The summed E-state index contributed by atoms with van der Waals surface area (Å²) in [5, 5.41) is 3.27. The van der Waals surface area contributed by atoms with Crippen LogP contribution in [0.5, 0.6) is 0 Å². The molecular formula is C21H16N2O2S. The van der Waals surface area contributed by atoms with E-state index in [9.17, 15) is 9.59 Å². The maximum absolute atomic E-state index is 13.2. The van der Waals surface area contributed by atoms with Gasteiger partial charge in [-0.15, -0.1) is 11.8 Å². The van der Waals surface area contributed by atoms with E-state index in [-0.39, 0.29) is 11.6 Å². The first-order valence-corrected chi connectivity index (χ1v) is 9.35. The summed E-state index contributed by atoms with van der Waals surface area (Å²) < 4.78 is 0. The van der Waals surface area contributed by atoms with Gasteiger partial charge in [0.15, 0.2) is 11.6 Å². The third-order valence-electron chi connectivity index (χ3n) is 4.47. The fraction of sp³-hybridized carbons (Fsp3) is 0.0476. The number of hydrogen-bond acceptors (Lipinski definition) is 5. The van der Waals surface area contributed by atoms with Crippen molar-refractivity contribution in [3.63, 3.8) is 0 Å². The van der Waals surface area contributed by atoms with E-state index in [1.807, 2.05) is 42.7 Å². The van der Waals surface area contributed by atoms with E-state index in [4.69, 9.17) is 5.73 Å². The van der Waals surface area contributed by atoms with Gasteiger partial charge >= 0.3 is 0 Å². The topological polar surface area (TPSA) is 72.2 Å². The number of nitrogens with one attached hydrogen (secondary N) is 1. The molecule has 0 unspecified atom stereocenters. The van der Waals surface area contributed by atoms with Crippen LogP contribution in [0.2, 0.25) is 0 Å². The number of nitrogens with two attached hydrogens (primary N) is 1. The SMILES string of the molecule is CSc1cc(Nc2ccccc2)c2c(c1N)C(=O)c1ccccc1C2=O. The van der Waals surface area contributed by atoms with Crippen LogP contribution in [-0.4, -0.2) is 17.8 Å². The molecule has 1 aliphatic carbocycles. The molecular weight excluding hydrogens is 344 g/mol. The minimum atomic E-state index is -0.209. The molecule has 0 aromatic heterocycles. The van der Waals surface area contributed by atoms with Gasteiger partial charge in [-0.1, -0.05) is 42.5 Å². The van der Waals surface area contributed by atoms with Gasteiger partial charge in [0.25, 0.3) is 0 Å². The fourth-order valence-corrected chi connectivity index (χ4v) is 3.80. The van der Waals surface area contributed by atoms with Crippen LogP contribution >= 0.6 is 11.8 Å². The monoisotopic (exact) mass is 360 g/mol. The van der Waals surface area contributed by atoms with Crippen LogP contribution < -0.4 is 11.1 Å². The van der Waals surface area contributed by atoms with E-state index < -0.39 is 0 Å². The first-order chi connectivity index (χ1) is 12.6. The number of anilines is 3. The zero-order valence-corrected chi connectivity index (χ0v) is 14.9. The van der Waals surface area contributed by atoms with Crippen molar-refractivity contribution in [2.24, 2.45) is 0 Å². The van der Waals surface area contributed by atoms with E-state index in [0.29, 0.717) is 33.6 Å². The molecule has 0 saturated heterocycles. The first kappa shape index (κ1) is 16.4. The molecule has 0 saturated carbocycles. The number of hydrogen-bond donors (Lipinski definition) is 2. The molecule has 0 amide bonds. The van der Waals surface area contributed by atoms with Crippen LogP contribution in [0, 0.1) is 0 Å². The summed E-state index contributed by atoms with van der Waals surface area (Å²) in [7, 11) is 0. The lowest BCUT2D eigenvalue weighted by atomic mass is 9.82. The maximum Gasteiger partial charge on any atom is 0.196 e. The second kappa shape index (κ2) is 6.35. The van der Waals surface area contributed by atoms with Crippen molar-refractivity contribution in [3.05, 3.63) is 82.9 Å². The Kier molecular flexibility index (Phi) is 4.01. The molecule has 0 bridgehead atoms. The summed E-state index contributed by atoms with van der Waals surface area (Å²) in [6.07, 6.45) is 1.90. The number of nitrogen functional groups attached to an aromatic ring is 1. The summed E-state index contributed by atoms with van der Waals surface area (Å²) in [4.78, 5) is 27.0. The minimum Gasteiger partial charge on any atom is -0.397 e. The molecule has 0 spiro atoms. The second-order valence-corrected chi connectivity index (χ2v) is 6.83. The van der Waals surface area contributed by atoms with Gasteiger partial charge in [-0.05, 0) is 24.5 Å². The summed E-state index contributed by atoms with van der Waals surface area (Å²) in [5.41, 5.74) is 9.51. The van der Waals surface area contributed by atoms with Crippen LogP contribution in [0.1, 0.15) is 31.8 Å². The molecule has 0 radical (unpaired) electrons. The van der Waals surface area contributed by atoms with Crippen molar-refractivity contribution in [3.8, 4) is 0 Å². The fourth-order valence-electron chi connectivity index (χ4n) is 3.24. The Morgan fingerprint density at radius 1 is 0.846 bits per heavy atom. The van der Waals surface area contributed by atoms with Gasteiger partial charge in [0.1, 0.15) is 0 Å². The lowest BCUT2D eigenvalue weighted by Crippen LogP contribution is -2.24. The van der Waals surface area contributed by atoms with Crippen molar-refractivity contribution in [2.75, 3.05) is 17.3 Å². The number of fused-ring (bicyclic) bond motifs is 2. The van der Waals surface area contributed by atoms with Crippen molar-refractivity contribution in [1.29, 1.82) is 0 Å². The lowest BCUT2D eigenvalue weighted by molar-refractivity contribution is 0.0980. The Labute approximate surface area is 155 Å². The molecule has 4 nitrogen and oxygen atoms in total. The molecule has 0 heterocycles. The first-order valence-electron chi connectivity index (χ1n) is 8.12. The highest BCUT2D eigenvalue weighted by molar-refractivity contribution is 7.98. The molecule has 26 heavy (non-hydrogen) atoms. The Balaban J connectivity index is 1.97. The van der Waals surface area contributed by atoms with Gasteiger partial charge in [0, 0.05) is 21.7 Å². The van der Waals surface area contributed by atoms with Crippen LogP contribution in [-0.2, 0) is 0 Å². The third-order valence-corrected chi connectivity index (χ3v) is 5.25. The third kappa shape index (κ3) is 2.48. The summed E-state index contributed by atoms with van der Waals surface area (Å²) in [6, 6.07) is 18.3. The van der Waals surface area contributed by atoms with Crippen LogP contribution in [0.4, 0.5) is 17.1 Å². The van der Waals surface area contributed by atoms with Crippen LogP contribution in [0.25, 0.3) is 0 Å². The highest BCUT2D eigenvalue weighted by Crippen LogP contribution is 2.41. The zero-order chi connectivity index (χ0) is 18.3. The van der Waals surface area contributed by atoms with Gasteiger partial charge in [0.2, 0.25) is 0 Å². The van der Waals surface area contributed by atoms with Crippen LogP contribution in [0.15, 0.2) is 65.6 Å². The second-order valence-electron chi connectivity index (χ2n) is 5.98. The van der Waals surface area contributed by atoms with Gasteiger partial charge < -0.3 is 11.1 Å². The minimum absolute atomic E-state index is 0.187. The van der Waals surface area contributed by atoms with Gasteiger partial charge in [-0.25, -0.2) is 0 Å². The number of rotatable bonds is 3. The van der Waals surface area contributed by atoms with Gasteiger partial charge in [0.05, 0.1) is 22.5 Å². The van der Waals surface area contributed by atoms with E-state index in [2.05, 4.69) is 5.32 Å². The van der Waals surface area contributed by atoms with E-state index in [1.165, 1.54) is 11.8 Å². The van der Waals surface area contributed by atoms with Crippen molar-refractivity contribution < 1.29 is 9.59 Å². The van der Waals surface area contributed by atoms with E-state index >= 15 is 0 Å². The van der Waals surface area contributed by atoms with Crippen molar-refractivity contribution in [2.45, 2.75) is 4.90 Å². The number of benzene rings is 3. The molecule has 0 fully saturated rings. The summed E-state index contributed by atoms with van der Waals surface area (Å²) >= 11 is 1.45. The predicted molar refractivity (Wildman–Crippen MR) is 106 cm³/mol. The lowest BCUT2D eigenvalue weighted by Gasteiger charge is -2.23. The smallest absolute Gasteiger partial charge is 0.196 e. The number of carbonyl (C=O) groups is 2. The number of thioether (sulfide) groups is 1. The van der Waals surface area contributed by atoms with Crippen molar-refractivity contribution >= 4 is 40.4 Å². The molecule has 0 atom stereocenters. The van der Waals surface area contributed by atoms with Gasteiger partial charge in [-0.3, -0.25) is 9.59 Å². The van der Waals surface area contributed by atoms with E-state index in [1.54, 1.807) is 24.3 Å². The Morgan fingerprint density at radius 2 is 1.42 bits per heavy atom. The summed E-state index contributed by atoms with van der Waals surface area (Å²) in [6.45, 7) is 0. The molecule has 3 aromatic carbocycles. The Hall–Kier alpha value is -3.05. The number of ketones is 2. The number of carbonyl (C=O) groups excluding carboxylic acids is 2. The predicted octanol–water partition coefficient (Wildman–Crippen LogP) is 4.51. The highest BCUT2D eigenvalue weighted by Gasteiger charge is 2.34. The quantitative estimate of drug-likeness (QED) is 0.415. The molecule has 3 N–H and O–H groups in total. The largest absolute Gasteiger partial charge is 0.397 e. The average Bonchev–Trinajstić information content (AvgIpc) is 2.68. The molecule has 3 aromatic rings. The van der Waals surface area contributed by atoms with E-state index in [0.717, 1.165) is 10.6 Å². The molecule has 128 valence electrons. The Morgan fingerprint density at radius 3 is 2.04 bits per heavy atom. The van der Waals surface area contributed by atoms with Gasteiger partial charge in [-0.2, -0.15) is 0 Å². The molecule has 0 aliphatic heterocycles. The molecule has 1 aliphatic rings. The van der Waals surface area contributed by atoms with Crippen molar-refractivity contribution in [1.82, 2.24) is 0 Å². The molecule has 4 rings (SSSR count). The molecule has 5 heteroatoms. The average molecular weight is 360 g/mol. The highest BCUT2D eigenvalue weighted by atomic mass is 32.2.